The highest BCUT2D eigenvalue weighted by atomic mass is 35.5. The maximum Gasteiger partial charge on any atom is 0.300 e. The molecule has 0 bridgehead atoms. The minimum Gasteiger partial charge on any atom is -0.507 e. The number of amides is 1. The molecule has 31 heavy (non-hydrogen) atoms. The van der Waals surface area contributed by atoms with Crippen molar-refractivity contribution in [1.82, 2.24) is 0 Å². The maximum atomic E-state index is 13.1. The number of thiophene rings is 1. The fraction of sp³-hybridized carbons (Fsp3) is 0.167. The van der Waals surface area contributed by atoms with Crippen LogP contribution in [0.4, 0.5) is 5.69 Å². The van der Waals surface area contributed by atoms with Gasteiger partial charge in [-0.2, -0.15) is 0 Å². The van der Waals surface area contributed by atoms with Crippen LogP contribution in [0.25, 0.3) is 5.76 Å². The summed E-state index contributed by atoms with van der Waals surface area (Å²) in [6.45, 7) is 2.05. The molecule has 1 fully saturated rings. The number of rotatable bonds is 5. The van der Waals surface area contributed by atoms with E-state index >= 15 is 0 Å². The molecule has 0 spiro atoms. The Balaban J connectivity index is 1.89. The topological polar surface area (TPSA) is 66.8 Å². The number of ether oxygens (including phenoxy) is 1. The van der Waals surface area contributed by atoms with Crippen molar-refractivity contribution < 1.29 is 19.4 Å². The normalized spacial score (nSPS) is 17.9. The summed E-state index contributed by atoms with van der Waals surface area (Å²) in [6.07, 6.45) is 0.867. The van der Waals surface area contributed by atoms with E-state index in [1.165, 1.54) is 23.3 Å². The summed E-state index contributed by atoms with van der Waals surface area (Å²) in [4.78, 5) is 28.4. The van der Waals surface area contributed by atoms with Crippen LogP contribution in [0, 0.1) is 0 Å². The predicted molar refractivity (Wildman–Crippen MR) is 123 cm³/mol. The van der Waals surface area contributed by atoms with Crippen LogP contribution in [-0.4, -0.2) is 23.9 Å². The monoisotopic (exact) mass is 453 g/mol. The van der Waals surface area contributed by atoms with Gasteiger partial charge in [0.15, 0.2) is 0 Å². The van der Waals surface area contributed by atoms with E-state index in [0.29, 0.717) is 22.0 Å². The summed E-state index contributed by atoms with van der Waals surface area (Å²) in [5.41, 5.74) is 2.12. The van der Waals surface area contributed by atoms with Gasteiger partial charge in [0.2, 0.25) is 0 Å². The fourth-order valence-electron chi connectivity index (χ4n) is 3.67. The number of nitrogens with zero attached hydrogens (tertiary/aromatic N) is 1. The quantitative estimate of drug-likeness (QED) is 0.310. The number of hydrogen-bond donors (Lipinski definition) is 1. The van der Waals surface area contributed by atoms with Crippen LogP contribution in [0.3, 0.4) is 0 Å². The second-order valence-electron chi connectivity index (χ2n) is 7.05. The van der Waals surface area contributed by atoms with Gasteiger partial charge in [-0.15, -0.1) is 11.3 Å². The first-order chi connectivity index (χ1) is 15.0. The number of carbonyl (C=O) groups excluding carboxylic acids is 2. The van der Waals surface area contributed by atoms with E-state index in [-0.39, 0.29) is 11.3 Å². The Labute approximate surface area is 189 Å². The third-order valence-electron chi connectivity index (χ3n) is 5.30. The van der Waals surface area contributed by atoms with Crippen molar-refractivity contribution in [2.24, 2.45) is 0 Å². The van der Waals surface area contributed by atoms with E-state index in [9.17, 15) is 14.7 Å². The molecule has 158 valence electrons. The Morgan fingerprint density at radius 3 is 2.52 bits per heavy atom. The smallest absolute Gasteiger partial charge is 0.300 e. The fourth-order valence-corrected chi connectivity index (χ4v) is 4.69. The highest BCUT2D eigenvalue weighted by molar-refractivity contribution is 7.10. The predicted octanol–water partition coefficient (Wildman–Crippen LogP) is 5.60. The molecule has 7 heteroatoms. The molecule has 2 aromatic carbocycles. The highest BCUT2D eigenvalue weighted by Gasteiger charge is 2.47. The number of benzene rings is 2. The van der Waals surface area contributed by atoms with Crippen molar-refractivity contribution in [3.8, 4) is 5.75 Å². The van der Waals surface area contributed by atoms with Crippen LogP contribution in [-0.2, 0) is 16.0 Å². The Morgan fingerprint density at radius 1 is 1.16 bits per heavy atom. The molecule has 1 aliphatic heterocycles. The lowest BCUT2D eigenvalue weighted by atomic mass is 9.99. The van der Waals surface area contributed by atoms with Crippen molar-refractivity contribution in [3.05, 3.63) is 86.6 Å². The molecule has 4 rings (SSSR count). The number of Topliss-reactive ketones (excluding diaryl/α,β-unsaturated/α-hetero) is 1. The van der Waals surface area contributed by atoms with Gasteiger partial charge in [0.25, 0.3) is 11.7 Å². The molecule has 0 saturated carbocycles. The molecule has 1 N–H and O–H groups in total. The average molecular weight is 454 g/mol. The molecule has 1 atom stereocenters. The molecule has 1 unspecified atom stereocenters. The number of ketones is 1. The molecule has 0 radical (unpaired) electrons. The summed E-state index contributed by atoms with van der Waals surface area (Å²) in [7, 11) is 1.47. The van der Waals surface area contributed by atoms with Crippen LogP contribution >= 0.6 is 22.9 Å². The number of aliphatic hydroxyl groups is 1. The van der Waals surface area contributed by atoms with Gasteiger partial charge in [0.05, 0.1) is 17.7 Å². The van der Waals surface area contributed by atoms with E-state index in [1.807, 2.05) is 48.7 Å². The lowest BCUT2D eigenvalue weighted by Gasteiger charge is -2.24. The molecular formula is C24H20ClNO4S. The molecule has 1 amide bonds. The zero-order chi connectivity index (χ0) is 22.1. The zero-order valence-corrected chi connectivity index (χ0v) is 18.5. The molecule has 5 nitrogen and oxygen atoms in total. The molecule has 2 heterocycles. The van der Waals surface area contributed by atoms with Crippen LogP contribution in [0.15, 0.2) is 65.6 Å². The van der Waals surface area contributed by atoms with Gasteiger partial charge in [-0.05, 0) is 53.8 Å². The van der Waals surface area contributed by atoms with Crippen molar-refractivity contribution >= 4 is 46.1 Å². The molecule has 1 aliphatic rings. The Kier molecular flexibility index (Phi) is 5.85. The third kappa shape index (κ3) is 3.73. The Hall–Kier alpha value is -3.09. The number of aliphatic hydroxyl groups excluding tert-OH is 1. The van der Waals surface area contributed by atoms with Gasteiger partial charge in [0.1, 0.15) is 17.6 Å². The average Bonchev–Trinajstić information content (AvgIpc) is 3.41. The van der Waals surface area contributed by atoms with E-state index in [2.05, 4.69) is 0 Å². The van der Waals surface area contributed by atoms with Gasteiger partial charge in [-0.25, -0.2) is 0 Å². The van der Waals surface area contributed by atoms with E-state index in [0.717, 1.165) is 16.9 Å². The van der Waals surface area contributed by atoms with Gasteiger partial charge in [-0.3, -0.25) is 14.5 Å². The number of halogens is 1. The van der Waals surface area contributed by atoms with E-state index < -0.39 is 17.7 Å². The maximum absolute atomic E-state index is 13.1. The van der Waals surface area contributed by atoms with E-state index in [1.54, 1.807) is 18.2 Å². The summed E-state index contributed by atoms with van der Waals surface area (Å²) >= 11 is 7.52. The highest BCUT2D eigenvalue weighted by Crippen LogP contribution is 2.44. The standard InChI is InChI=1S/C24H20ClNO4S/c1-3-14-6-9-16(10-7-14)26-21(19-5-4-12-31-19)20(23(28)24(26)29)22(27)15-8-11-17(25)18(13-15)30-2/h4-13,21,27H,3H2,1-2H3/b22-20-. The van der Waals surface area contributed by atoms with Crippen LogP contribution in [0.5, 0.6) is 5.75 Å². The third-order valence-corrected chi connectivity index (χ3v) is 6.54. The summed E-state index contributed by atoms with van der Waals surface area (Å²) < 4.78 is 5.23. The number of hydrogen-bond acceptors (Lipinski definition) is 5. The number of carbonyl (C=O) groups is 2. The van der Waals surface area contributed by atoms with Crippen molar-refractivity contribution in [2.75, 3.05) is 12.0 Å². The molecule has 1 saturated heterocycles. The first-order valence-electron chi connectivity index (χ1n) is 9.73. The lowest BCUT2D eigenvalue weighted by molar-refractivity contribution is -0.132. The SMILES string of the molecule is CCc1ccc(N2C(=O)C(=O)/C(=C(\O)c3ccc(Cl)c(OC)c3)C2c2cccs2)cc1. The first-order valence-corrected chi connectivity index (χ1v) is 11.0. The molecule has 1 aromatic heterocycles. The summed E-state index contributed by atoms with van der Waals surface area (Å²) in [5, 5.41) is 13.4. The van der Waals surface area contributed by atoms with Crippen LogP contribution in [0.2, 0.25) is 5.02 Å². The number of aryl methyl sites for hydroxylation is 1. The second kappa shape index (κ2) is 8.57. The van der Waals surface area contributed by atoms with Crippen LogP contribution in [0.1, 0.15) is 29.0 Å². The van der Waals surface area contributed by atoms with Gasteiger partial charge in [0, 0.05) is 16.1 Å². The molecular weight excluding hydrogens is 434 g/mol. The van der Waals surface area contributed by atoms with Crippen molar-refractivity contribution in [3.63, 3.8) is 0 Å². The van der Waals surface area contributed by atoms with Crippen molar-refractivity contribution in [2.45, 2.75) is 19.4 Å². The zero-order valence-electron chi connectivity index (χ0n) is 17.0. The van der Waals surface area contributed by atoms with Crippen molar-refractivity contribution in [1.29, 1.82) is 0 Å². The van der Waals surface area contributed by atoms with Gasteiger partial charge >= 0.3 is 0 Å². The van der Waals surface area contributed by atoms with Crippen LogP contribution < -0.4 is 9.64 Å². The molecule has 0 aliphatic carbocycles. The lowest BCUT2D eigenvalue weighted by Crippen LogP contribution is -2.29. The van der Waals surface area contributed by atoms with E-state index in [4.69, 9.17) is 16.3 Å². The number of anilines is 1. The summed E-state index contributed by atoms with van der Waals surface area (Å²) in [5.74, 6) is -1.31. The minimum atomic E-state index is -0.732. The molecule has 3 aromatic rings. The minimum absolute atomic E-state index is 0.0383. The summed E-state index contributed by atoms with van der Waals surface area (Å²) in [6, 6.07) is 15.2. The Morgan fingerprint density at radius 2 is 1.90 bits per heavy atom. The van der Waals surface area contributed by atoms with Gasteiger partial charge < -0.3 is 9.84 Å². The second-order valence-corrected chi connectivity index (χ2v) is 8.44. The first kappa shape index (κ1) is 21.2. The largest absolute Gasteiger partial charge is 0.507 e. The number of methoxy groups -OCH3 is 1. The Bertz CT molecular complexity index is 1170. The van der Waals surface area contributed by atoms with Gasteiger partial charge in [-0.1, -0.05) is 36.7 Å².